The van der Waals surface area contributed by atoms with E-state index in [1.165, 1.54) is 17.4 Å². The Bertz CT molecular complexity index is 638. The topological polar surface area (TPSA) is 111 Å². The van der Waals surface area contributed by atoms with Crippen LogP contribution in [-0.2, 0) is 16.6 Å². The first-order valence-electron chi connectivity index (χ1n) is 5.00. The summed E-state index contributed by atoms with van der Waals surface area (Å²) in [5, 5.41) is 8.15. The van der Waals surface area contributed by atoms with Crippen molar-refractivity contribution in [3.05, 3.63) is 34.8 Å². The largest absolute Gasteiger partial charge is 0.399 e. The van der Waals surface area contributed by atoms with Gasteiger partial charge in [-0.05, 0) is 18.2 Å². The van der Waals surface area contributed by atoms with Crippen LogP contribution in [0.1, 0.15) is 4.88 Å². The van der Waals surface area contributed by atoms with Gasteiger partial charge in [-0.1, -0.05) is 0 Å². The van der Waals surface area contributed by atoms with Crippen LogP contribution in [-0.4, -0.2) is 13.4 Å². The summed E-state index contributed by atoms with van der Waals surface area (Å²) >= 11 is 1.48. The van der Waals surface area contributed by atoms with Crippen LogP contribution in [0.15, 0.2) is 34.8 Å². The first-order chi connectivity index (χ1) is 8.47. The van der Waals surface area contributed by atoms with Crippen LogP contribution < -0.4 is 16.2 Å². The van der Waals surface area contributed by atoms with Crippen molar-refractivity contribution in [2.45, 2.75) is 11.4 Å². The minimum Gasteiger partial charge on any atom is -0.399 e. The molecule has 0 amide bonds. The number of hydrogen-bond acceptors (Lipinski definition) is 6. The summed E-state index contributed by atoms with van der Waals surface area (Å²) in [6.45, 7) is 0.483. The molecule has 0 aliphatic rings. The number of primary sulfonamides is 1. The molecule has 96 valence electrons. The van der Waals surface area contributed by atoms with E-state index in [9.17, 15) is 8.42 Å². The van der Waals surface area contributed by atoms with E-state index in [-0.39, 0.29) is 4.90 Å². The lowest BCUT2D eigenvalue weighted by molar-refractivity contribution is 0.598. The highest BCUT2D eigenvalue weighted by atomic mass is 32.2. The van der Waals surface area contributed by atoms with Crippen LogP contribution in [0.4, 0.5) is 11.4 Å². The van der Waals surface area contributed by atoms with Crippen LogP contribution in [0.2, 0.25) is 0 Å². The molecule has 0 atom stereocenters. The lowest BCUT2D eigenvalue weighted by Gasteiger charge is -2.10. The first kappa shape index (κ1) is 12.8. The average Bonchev–Trinajstić information content (AvgIpc) is 2.79. The Kier molecular flexibility index (Phi) is 3.50. The smallest absolute Gasteiger partial charge is 0.240 e. The summed E-state index contributed by atoms with van der Waals surface area (Å²) in [7, 11) is -3.80. The molecule has 0 saturated heterocycles. The molecule has 2 rings (SSSR count). The number of nitrogens with two attached hydrogens (primary N) is 2. The van der Waals surface area contributed by atoms with Crippen molar-refractivity contribution in [1.82, 2.24) is 4.98 Å². The van der Waals surface area contributed by atoms with Crippen LogP contribution in [0.25, 0.3) is 0 Å². The van der Waals surface area contributed by atoms with Crippen molar-refractivity contribution in [1.29, 1.82) is 0 Å². The molecular weight excluding hydrogens is 272 g/mol. The number of thiazole rings is 1. The monoisotopic (exact) mass is 284 g/mol. The number of rotatable bonds is 4. The van der Waals surface area contributed by atoms with Gasteiger partial charge in [0.15, 0.2) is 0 Å². The Morgan fingerprint density at radius 1 is 1.39 bits per heavy atom. The Balaban J connectivity index is 2.27. The first-order valence-corrected chi connectivity index (χ1v) is 7.43. The normalized spacial score (nSPS) is 11.4. The molecule has 1 heterocycles. The summed E-state index contributed by atoms with van der Waals surface area (Å²) < 4.78 is 22.9. The van der Waals surface area contributed by atoms with Crippen LogP contribution in [0.5, 0.6) is 0 Å². The van der Waals surface area contributed by atoms with Gasteiger partial charge >= 0.3 is 0 Å². The number of nitrogens with zero attached hydrogens (tertiary/aromatic N) is 1. The molecule has 5 N–H and O–H groups in total. The maximum atomic E-state index is 11.4. The lowest BCUT2D eigenvalue weighted by Crippen LogP contribution is -2.15. The van der Waals surface area contributed by atoms with Crippen molar-refractivity contribution >= 4 is 32.7 Å². The summed E-state index contributed by atoms with van der Waals surface area (Å²) in [6.07, 6.45) is 1.71. The third-order valence-corrected chi connectivity index (χ3v) is 3.98. The zero-order valence-electron chi connectivity index (χ0n) is 9.33. The van der Waals surface area contributed by atoms with Crippen LogP contribution in [0.3, 0.4) is 0 Å². The number of nitrogens with one attached hydrogen (secondary N) is 1. The number of anilines is 2. The van der Waals surface area contributed by atoms with Gasteiger partial charge in [0.2, 0.25) is 10.0 Å². The SMILES string of the molecule is Nc1ccc(NCc2cncs2)c(S(N)(=O)=O)c1. The number of aromatic nitrogens is 1. The molecule has 1 aromatic heterocycles. The van der Waals surface area contributed by atoms with Gasteiger partial charge in [-0.15, -0.1) is 11.3 Å². The highest BCUT2D eigenvalue weighted by molar-refractivity contribution is 7.89. The van der Waals surface area contributed by atoms with Crippen LogP contribution >= 0.6 is 11.3 Å². The lowest BCUT2D eigenvalue weighted by atomic mass is 10.3. The molecule has 0 bridgehead atoms. The van der Waals surface area contributed by atoms with E-state index in [4.69, 9.17) is 10.9 Å². The Morgan fingerprint density at radius 2 is 2.17 bits per heavy atom. The van der Waals surface area contributed by atoms with E-state index < -0.39 is 10.0 Å². The number of sulfonamides is 1. The van der Waals surface area contributed by atoms with Crippen molar-refractivity contribution in [3.63, 3.8) is 0 Å². The molecular formula is C10H12N4O2S2. The molecule has 0 aliphatic carbocycles. The van der Waals surface area contributed by atoms with Gasteiger partial charge in [0, 0.05) is 16.8 Å². The second-order valence-electron chi connectivity index (χ2n) is 3.62. The second kappa shape index (κ2) is 4.92. The van der Waals surface area contributed by atoms with Gasteiger partial charge in [0.05, 0.1) is 17.7 Å². The van der Waals surface area contributed by atoms with Gasteiger partial charge in [0.25, 0.3) is 0 Å². The van der Waals surface area contributed by atoms with Gasteiger partial charge in [0.1, 0.15) is 4.90 Å². The highest BCUT2D eigenvalue weighted by Crippen LogP contribution is 2.23. The van der Waals surface area contributed by atoms with Crippen LogP contribution in [0, 0.1) is 0 Å². The second-order valence-corrected chi connectivity index (χ2v) is 6.12. The molecule has 0 unspecified atom stereocenters. The van der Waals surface area contributed by atoms with Gasteiger partial charge < -0.3 is 11.1 Å². The number of hydrogen-bond donors (Lipinski definition) is 3. The molecule has 6 nitrogen and oxygen atoms in total. The zero-order chi connectivity index (χ0) is 13.2. The van der Waals surface area contributed by atoms with E-state index in [2.05, 4.69) is 10.3 Å². The van der Waals surface area contributed by atoms with Crippen molar-refractivity contribution in [3.8, 4) is 0 Å². The summed E-state index contributed by atoms with van der Waals surface area (Å²) in [5.74, 6) is 0. The Morgan fingerprint density at radius 3 is 2.78 bits per heavy atom. The molecule has 18 heavy (non-hydrogen) atoms. The minimum absolute atomic E-state index is 0.00739. The molecule has 2 aromatic rings. The van der Waals surface area contributed by atoms with E-state index in [1.54, 1.807) is 23.8 Å². The fraction of sp³-hybridized carbons (Fsp3) is 0.100. The number of nitrogen functional groups attached to an aromatic ring is 1. The Hall–Kier alpha value is -1.64. The third kappa shape index (κ3) is 2.97. The molecule has 0 fully saturated rings. The fourth-order valence-corrected chi connectivity index (χ4v) is 2.71. The summed E-state index contributed by atoms with van der Waals surface area (Å²) in [6, 6.07) is 4.55. The number of benzene rings is 1. The summed E-state index contributed by atoms with van der Waals surface area (Å²) in [5.41, 5.74) is 8.05. The predicted octanol–water partition coefficient (Wildman–Crippen LogP) is 0.985. The van der Waals surface area contributed by atoms with Gasteiger partial charge in [-0.25, -0.2) is 13.6 Å². The third-order valence-electron chi connectivity index (χ3n) is 2.25. The zero-order valence-corrected chi connectivity index (χ0v) is 11.0. The quantitative estimate of drug-likeness (QED) is 0.725. The van der Waals surface area contributed by atoms with E-state index in [1.807, 2.05) is 0 Å². The van der Waals surface area contributed by atoms with Crippen molar-refractivity contribution < 1.29 is 8.42 Å². The van der Waals surface area contributed by atoms with Gasteiger partial charge in [-0.3, -0.25) is 4.98 Å². The molecule has 1 aromatic carbocycles. The van der Waals surface area contributed by atoms with Gasteiger partial charge in [-0.2, -0.15) is 0 Å². The maximum absolute atomic E-state index is 11.4. The Labute approximate surface area is 109 Å². The van der Waals surface area contributed by atoms with E-state index >= 15 is 0 Å². The summed E-state index contributed by atoms with van der Waals surface area (Å²) in [4.78, 5) is 4.92. The predicted molar refractivity (Wildman–Crippen MR) is 71.7 cm³/mol. The van der Waals surface area contributed by atoms with Crippen molar-refractivity contribution in [2.24, 2.45) is 5.14 Å². The maximum Gasteiger partial charge on any atom is 0.240 e. The van der Waals surface area contributed by atoms with E-state index in [0.717, 1.165) is 4.88 Å². The molecule has 0 aliphatic heterocycles. The standard InChI is InChI=1S/C10H12N4O2S2/c11-7-1-2-9(10(3-7)18(12,15)16)14-5-8-4-13-6-17-8/h1-4,6,14H,5,11H2,(H2,12,15,16). The molecule has 8 heteroatoms. The van der Waals surface area contributed by atoms with E-state index in [0.29, 0.717) is 17.9 Å². The average molecular weight is 284 g/mol. The van der Waals surface area contributed by atoms with Crippen molar-refractivity contribution in [2.75, 3.05) is 11.1 Å². The minimum atomic E-state index is -3.80. The fourth-order valence-electron chi connectivity index (χ4n) is 1.43. The molecule has 0 radical (unpaired) electrons. The highest BCUT2D eigenvalue weighted by Gasteiger charge is 2.14. The molecule has 0 spiro atoms. The molecule has 0 saturated carbocycles.